The van der Waals surface area contributed by atoms with Gasteiger partial charge in [0.1, 0.15) is 12.3 Å². The van der Waals surface area contributed by atoms with Crippen molar-refractivity contribution in [3.8, 4) is 5.75 Å². The molecule has 0 aromatic heterocycles. The molecule has 34 heavy (non-hydrogen) atoms. The third kappa shape index (κ3) is 6.08. The number of hydrogen-bond donors (Lipinski definition) is 0. The van der Waals surface area contributed by atoms with Crippen molar-refractivity contribution >= 4 is 35.7 Å². The van der Waals surface area contributed by atoms with E-state index in [1.54, 1.807) is 24.3 Å². The fraction of sp³-hybridized carbons (Fsp3) is 0.370. The molecule has 0 spiro atoms. The van der Waals surface area contributed by atoms with Crippen LogP contribution >= 0.6 is 11.8 Å². The lowest BCUT2D eigenvalue weighted by atomic mass is 9.91. The van der Waals surface area contributed by atoms with E-state index in [1.165, 1.54) is 23.8 Å². The highest BCUT2D eigenvalue weighted by molar-refractivity contribution is 8.04. The first-order valence-electron chi connectivity index (χ1n) is 11.4. The monoisotopic (exact) mass is 481 g/mol. The number of nitrogens with zero attached hydrogens (tertiary/aromatic N) is 1. The van der Waals surface area contributed by atoms with Gasteiger partial charge in [0.15, 0.2) is 0 Å². The Morgan fingerprint density at radius 2 is 1.68 bits per heavy atom. The summed E-state index contributed by atoms with van der Waals surface area (Å²) in [5.74, 6) is 0.463. The van der Waals surface area contributed by atoms with Crippen molar-refractivity contribution in [2.75, 3.05) is 26.0 Å². The van der Waals surface area contributed by atoms with Crippen LogP contribution in [0, 0.1) is 0 Å². The van der Waals surface area contributed by atoms with Crippen molar-refractivity contribution in [3.63, 3.8) is 0 Å². The predicted octanol–water partition coefficient (Wildman–Crippen LogP) is 5.24. The molecule has 180 valence electrons. The van der Waals surface area contributed by atoms with Gasteiger partial charge < -0.3 is 14.4 Å². The first kappa shape index (κ1) is 25.6. The summed E-state index contributed by atoms with van der Waals surface area (Å²) in [7, 11) is 1.31. The second kappa shape index (κ2) is 11.4. The third-order valence-corrected chi connectivity index (χ3v) is 6.57. The van der Waals surface area contributed by atoms with E-state index in [0.717, 1.165) is 16.7 Å². The number of hydrogen-bond acceptors (Lipinski definition) is 6. The van der Waals surface area contributed by atoms with Gasteiger partial charge in [0, 0.05) is 12.3 Å². The standard InChI is InChI=1S/C27H31NO5S/c1-17(2)21-13-19(15-23-26(30)28(11-12-34-23)16-24(29)32-5)14-22(18(3)4)25(21)33-27(31)20-9-7-6-8-10-20/h6-10,13-15,17-18H,11-12,16H2,1-5H3. The van der Waals surface area contributed by atoms with Crippen LogP contribution in [0.5, 0.6) is 5.75 Å². The first-order chi connectivity index (χ1) is 16.2. The van der Waals surface area contributed by atoms with Gasteiger partial charge >= 0.3 is 11.9 Å². The second-order valence-corrected chi connectivity index (χ2v) is 9.89. The highest BCUT2D eigenvalue weighted by atomic mass is 32.2. The number of ether oxygens (including phenoxy) is 2. The van der Waals surface area contributed by atoms with E-state index in [4.69, 9.17) is 9.47 Å². The molecule has 0 radical (unpaired) electrons. The average Bonchev–Trinajstić information content (AvgIpc) is 2.82. The van der Waals surface area contributed by atoms with Crippen molar-refractivity contribution in [2.45, 2.75) is 39.5 Å². The summed E-state index contributed by atoms with van der Waals surface area (Å²) in [5.41, 5.74) is 3.17. The van der Waals surface area contributed by atoms with Gasteiger partial charge in [-0.1, -0.05) is 45.9 Å². The molecule has 6 nitrogen and oxygen atoms in total. The Hall–Kier alpha value is -3.06. The van der Waals surface area contributed by atoms with Crippen LogP contribution in [0.15, 0.2) is 47.4 Å². The zero-order chi connectivity index (χ0) is 24.8. The third-order valence-electron chi connectivity index (χ3n) is 5.58. The van der Waals surface area contributed by atoms with Gasteiger partial charge in [-0.3, -0.25) is 9.59 Å². The van der Waals surface area contributed by atoms with Gasteiger partial charge in [0.2, 0.25) is 0 Å². The summed E-state index contributed by atoms with van der Waals surface area (Å²) in [4.78, 5) is 39.5. The van der Waals surface area contributed by atoms with Crippen LogP contribution < -0.4 is 4.74 Å². The zero-order valence-corrected chi connectivity index (χ0v) is 21.1. The molecular formula is C27H31NO5S. The maximum absolute atomic E-state index is 12.9. The Labute approximate surface area is 205 Å². The normalized spacial score (nSPS) is 15.2. The van der Waals surface area contributed by atoms with Crippen LogP contribution in [-0.4, -0.2) is 48.7 Å². The number of thioether (sulfide) groups is 1. The highest BCUT2D eigenvalue weighted by Gasteiger charge is 2.27. The van der Waals surface area contributed by atoms with E-state index in [0.29, 0.717) is 28.5 Å². The fourth-order valence-corrected chi connectivity index (χ4v) is 4.70. The Kier molecular flexibility index (Phi) is 8.56. The molecule has 0 saturated carbocycles. The SMILES string of the molecule is COC(=O)CN1CCSC(=Cc2cc(C(C)C)c(OC(=O)c3ccccc3)c(C(C)C)c2)C1=O. The summed E-state index contributed by atoms with van der Waals surface area (Å²) in [6, 6.07) is 12.9. The van der Waals surface area contributed by atoms with Crippen LogP contribution in [0.4, 0.5) is 0 Å². The van der Waals surface area contributed by atoms with Gasteiger partial charge in [0.05, 0.1) is 17.6 Å². The molecule has 0 aliphatic carbocycles. The molecular weight excluding hydrogens is 450 g/mol. The molecule has 7 heteroatoms. The van der Waals surface area contributed by atoms with Crippen LogP contribution in [0.25, 0.3) is 6.08 Å². The molecule has 3 rings (SSSR count). The van der Waals surface area contributed by atoms with Crippen molar-refractivity contribution in [3.05, 3.63) is 69.6 Å². The largest absolute Gasteiger partial charge is 0.468 e. The summed E-state index contributed by atoms with van der Waals surface area (Å²) in [5, 5.41) is 0. The van der Waals surface area contributed by atoms with Gasteiger partial charge in [-0.15, -0.1) is 11.8 Å². The van der Waals surface area contributed by atoms with Gasteiger partial charge in [-0.2, -0.15) is 0 Å². The Bertz CT molecular complexity index is 1060. The number of carbonyl (C=O) groups is 3. The van der Waals surface area contributed by atoms with E-state index in [-0.39, 0.29) is 24.3 Å². The minimum atomic E-state index is -0.437. The Morgan fingerprint density at radius 3 is 2.24 bits per heavy atom. The number of carbonyl (C=O) groups excluding carboxylic acids is 3. The molecule has 0 N–H and O–H groups in total. The maximum Gasteiger partial charge on any atom is 0.343 e. The molecule has 1 fully saturated rings. The molecule has 0 bridgehead atoms. The smallest absolute Gasteiger partial charge is 0.343 e. The van der Waals surface area contributed by atoms with Crippen molar-refractivity contribution in [1.29, 1.82) is 0 Å². The van der Waals surface area contributed by atoms with Crippen LogP contribution in [0.1, 0.15) is 66.6 Å². The van der Waals surface area contributed by atoms with E-state index in [9.17, 15) is 14.4 Å². The van der Waals surface area contributed by atoms with E-state index < -0.39 is 11.9 Å². The van der Waals surface area contributed by atoms with Crippen LogP contribution in [0.3, 0.4) is 0 Å². The lowest BCUT2D eigenvalue weighted by Gasteiger charge is -2.27. The molecule has 0 atom stereocenters. The fourth-order valence-electron chi connectivity index (χ4n) is 3.69. The van der Waals surface area contributed by atoms with E-state index in [2.05, 4.69) is 27.7 Å². The molecule has 2 aromatic rings. The van der Waals surface area contributed by atoms with Gasteiger partial charge in [-0.05, 0) is 58.9 Å². The number of amides is 1. The summed E-state index contributed by atoms with van der Waals surface area (Å²) >= 11 is 1.48. The van der Waals surface area contributed by atoms with Crippen LogP contribution in [-0.2, 0) is 14.3 Å². The van der Waals surface area contributed by atoms with Crippen LogP contribution in [0.2, 0.25) is 0 Å². The number of benzene rings is 2. The lowest BCUT2D eigenvalue weighted by Crippen LogP contribution is -2.40. The first-order valence-corrected chi connectivity index (χ1v) is 12.4. The maximum atomic E-state index is 12.9. The second-order valence-electron chi connectivity index (χ2n) is 8.75. The average molecular weight is 482 g/mol. The molecule has 1 aliphatic heterocycles. The molecule has 1 aliphatic rings. The summed E-state index contributed by atoms with van der Waals surface area (Å²) in [6.45, 7) is 8.64. The minimum Gasteiger partial charge on any atom is -0.468 e. The quantitative estimate of drug-likeness (QED) is 0.306. The molecule has 1 heterocycles. The number of rotatable bonds is 7. The lowest BCUT2D eigenvalue weighted by molar-refractivity contribution is -0.145. The zero-order valence-electron chi connectivity index (χ0n) is 20.3. The van der Waals surface area contributed by atoms with E-state index >= 15 is 0 Å². The molecule has 0 unspecified atom stereocenters. The van der Waals surface area contributed by atoms with Gasteiger partial charge in [0.25, 0.3) is 5.91 Å². The topological polar surface area (TPSA) is 72.9 Å². The Morgan fingerprint density at radius 1 is 1.06 bits per heavy atom. The van der Waals surface area contributed by atoms with Crippen molar-refractivity contribution < 1.29 is 23.9 Å². The summed E-state index contributed by atoms with van der Waals surface area (Å²) in [6.07, 6.45) is 1.86. The predicted molar refractivity (Wildman–Crippen MR) is 135 cm³/mol. The van der Waals surface area contributed by atoms with Crippen molar-refractivity contribution in [1.82, 2.24) is 4.90 Å². The Balaban J connectivity index is 1.99. The van der Waals surface area contributed by atoms with E-state index in [1.807, 2.05) is 24.3 Å². The molecule has 1 saturated heterocycles. The summed E-state index contributed by atoms with van der Waals surface area (Å²) < 4.78 is 10.6. The number of methoxy groups -OCH3 is 1. The molecule has 2 aromatic carbocycles. The minimum absolute atomic E-state index is 0.0594. The number of esters is 2. The van der Waals surface area contributed by atoms with Crippen molar-refractivity contribution in [2.24, 2.45) is 0 Å². The molecule has 1 amide bonds. The highest BCUT2D eigenvalue weighted by Crippen LogP contribution is 2.38. The van der Waals surface area contributed by atoms with Gasteiger partial charge in [-0.25, -0.2) is 4.79 Å².